The van der Waals surface area contributed by atoms with Crippen molar-refractivity contribution in [1.82, 2.24) is 19.6 Å². The summed E-state index contributed by atoms with van der Waals surface area (Å²) in [5.74, 6) is 0.377. The standard InChI is InChI=1S/C20H22BrFN4O/c1-12-18(20(21)26(24-12)10-14-3-4-14)11-25-19(7-8-23-25)16-6-5-15(22)9-17(16)13(2)27/h5-9,13-14,27H,3-4,10-11H2,1-2H3/t13-/m1/s1. The fourth-order valence-electron chi connectivity index (χ4n) is 3.39. The molecule has 0 bridgehead atoms. The van der Waals surface area contributed by atoms with E-state index in [1.54, 1.807) is 19.2 Å². The van der Waals surface area contributed by atoms with Crippen molar-refractivity contribution in [3.63, 3.8) is 0 Å². The number of aliphatic hydroxyl groups excluding tert-OH is 1. The molecular weight excluding hydrogens is 411 g/mol. The summed E-state index contributed by atoms with van der Waals surface area (Å²) in [4.78, 5) is 0. The quantitative estimate of drug-likeness (QED) is 0.624. The van der Waals surface area contributed by atoms with Crippen LogP contribution in [-0.2, 0) is 13.1 Å². The van der Waals surface area contributed by atoms with Gasteiger partial charge in [-0.05, 0) is 78.4 Å². The zero-order valence-electron chi connectivity index (χ0n) is 15.4. The maximum Gasteiger partial charge on any atom is 0.123 e. The lowest BCUT2D eigenvalue weighted by Crippen LogP contribution is -2.07. The van der Waals surface area contributed by atoms with Gasteiger partial charge in [-0.25, -0.2) is 4.39 Å². The number of halogens is 2. The first-order valence-corrected chi connectivity index (χ1v) is 9.95. The molecule has 2 heterocycles. The monoisotopic (exact) mass is 432 g/mol. The minimum atomic E-state index is -0.770. The Morgan fingerprint density at radius 1 is 1.30 bits per heavy atom. The fourth-order valence-corrected chi connectivity index (χ4v) is 4.02. The molecule has 1 N–H and O–H groups in total. The molecule has 1 fully saturated rings. The Morgan fingerprint density at radius 2 is 2.07 bits per heavy atom. The average Bonchev–Trinajstić information content (AvgIpc) is 3.26. The average molecular weight is 433 g/mol. The lowest BCUT2D eigenvalue weighted by Gasteiger charge is -2.14. The maximum absolute atomic E-state index is 13.7. The topological polar surface area (TPSA) is 55.9 Å². The van der Waals surface area contributed by atoms with Crippen LogP contribution >= 0.6 is 15.9 Å². The number of rotatable bonds is 6. The second-order valence-electron chi connectivity index (χ2n) is 7.26. The molecule has 5 nitrogen and oxygen atoms in total. The van der Waals surface area contributed by atoms with Crippen LogP contribution in [0, 0.1) is 18.7 Å². The van der Waals surface area contributed by atoms with E-state index in [0.29, 0.717) is 12.1 Å². The molecule has 0 spiro atoms. The Hall–Kier alpha value is -1.99. The van der Waals surface area contributed by atoms with Crippen LogP contribution in [0.3, 0.4) is 0 Å². The minimum Gasteiger partial charge on any atom is -0.389 e. The molecule has 1 atom stereocenters. The van der Waals surface area contributed by atoms with E-state index in [1.165, 1.54) is 25.0 Å². The van der Waals surface area contributed by atoms with Gasteiger partial charge in [0.15, 0.2) is 0 Å². The van der Waals surface area contributed by atoms with Crippen LogP contribution in [0.4, 0.5) is 4.39 Å². The van der Waals surface area contributed by atoms with Crippen molar-refractivity contribution in [2.75, 3.05) is 0 Å². The van der Waals surface area contributed by atoms with E-state index in [2.05, 4.69) is 26.1 Å². The third-order valence-electron chi connectivity index (χ3n) is 5.08. The molecular formula is C20H22BrFN4O. The SMILES string of the molecule is Cc1nn(CC2CC2)c(Br)c1Cn1nccc1-c1ccc(F)cc1[C@@H](C)O. The zero-order chi connectivity index (χ0) is 19.1. The third-order valence-corrected chi connectivity index (χ3v) is 5.96. The molecule has 1 aliphatic carbocycles. The maximum atomic E-state index is 13.7. The van der Waals surface area contributed by atoms with Gasteiger partial charge < -0.3 is 5.11 Å². The zero-order valence-corrected chi connectivity index (χ0v) is 16.9. The highest BCUT2D eigenvalue weighted by Crippen LogP contribution is 2.34. The second kappa shape index (κ2) is 7.20. The lowest BCUT2D eigenvalue weighted by molar-refractivity contribution is 0.199. The van der Waals surface area contributed by atoms with Gasteiger partial charge in [-0.1, -0.05) is 0 Å². The van der Waals surface area contributed by atoms with Crippen molar-refractivity contribution in [3.8, 4) is 11.3 Å². The number of nitrogens with zero attached hydrogens (tertiary/aromatic N) is 4. The molecule has 0 saturated heterocycles. The normalized spacial score (nSPS) is 15.3. The number of aromatic nitrogens is 4. The molecule has 0 aliphatic heterocycles. The minimum absolute atomic E-state index is 0.361. The molecule has 1 aromatic carbocycles. The van der Waals surface area contributed by atoms with Crippen molar-refractivity contribution >= 4 is 15.9 Å². The van der Waals surface area contributed by atoms with Crippen LogP contribution < -0.4 is 0 Å². The van der Waals surface area contributed by atoms with Gasteiger partial charge in [0, 0.05) is 23.9 Å². The Kier molecular flexibility index (Phi) is 4.90. The predicted octanol–water partition coefficient (Wildman–Crippen LogP) is 4.47. The molecule has 1 saturated carbocycles. The third kappa shape index (κ3) is 3.71. The van der Waals surface area contributed by atoms with Crippen LogP contribution in [-0.4, -0.2) is 24.7 Å². The summed E-state index contributed by atoms with van der Waals surface area (Å²) in [7, 11) is 0. The summed E-state index contributed by atoms with van der Waals surface area (Å²) in [6.07, 6.45) is 3.50. The van der Waals surface area contributed by atoms with Crippen molar-refractivity contribution in [2.45, 2.75) is 45.9 Å². The fraction of sp³-hybridized carbons (Fsp3) is 0.400. The molecule has 0 radical (unpaired) electrons. The molecule has 142 valence electrons. The first kappa shape index (κ1) is 18.4. The van der Waals surface area contributed by atoms with Crippen LogP contribution in [0.1, 0.15) is 42.7 Å². The summed E-state index contributed by atoms with van der Waals surface area (Å²) in [6.45, 7) is 5.14. The van der Waals surface area contributed by atoms with Gasteiger partial charge in [0.05, 0.1) is 24.0 Å². The summed E-state index contributed by atoms with van der Waals surface area (Å²) in [6, 6.07) is 6.37. The van der Waals surface area contributed by atoms with Crippen LogP contribution in [0.5, 0.6) is 0 Å². The van der Waals surface area contributed by atoms with Crippen molar-refractivity contribution < 1.29 is 9.50 Å². The Bertz CT molecular complexity index is 975. The second-order valence-corrected chi connectivity index (χ2v) is 8.01. The largest absolute Gasteiger partial charge is 0.389 e. The summed E-state index contributed by atoms with van der Waals surface area (Å²) >= 11 is 3.70. The van der Waals surface area contributed by atoms with Crippen LogP contribution in [0.2, 0.25) is 0 Å². The van der Waals surface area contributed by atoms with Gasteiger partial charge in [0.1, 0.15) is 10.4 Å². The molecule has 2 aromatic heterocycles. The molecule has 27 heavy (non-hydrogen) atoms. The van der Waals surface area contributed by atoms with Crippen LogP contribution in [0.15, 0.2) is 35.1 Å². The summed E-state index contributed by atoms with van der Waals surface area (Å²) in [5, 5.41) is 19.2. The van der Waals surface area contributed by atoms with Gasteiger partial charge in [0.2, 0.25) is 0 Å². The molecule has 3 aromatic rings. The van der Waals surface area contributed by atoms with E-state index in [1.807, 2.05) is 22.4 Å². The van der Waals surface area contributed by atoms with E-state index in [4.69, 9.17) is 0 Å². The molecule has 7 heteroatoms. The van der Waals surface area contributed by atoms with Gasteiger partial charge >= 0.3 is 0 Å². The van der Waals surface area contributed by atoms with E-state index >= 15 is 0 Å². The van der Waals surface area contributed by atoms with Crippen molar-refractivity contribution in [3.05, 3.63) is 57.7 Å². The highest BCUT2D eigenvalue weighted by Gasteiger charge is 2.25. The summed E-state index contributed by atoms with van der Waals surface area (Å²) in [5.41, 5.74) is 4.23. The van der Waals surface area contributed by atoms with Crippen molar-refractivity contribution in [1.29, 1.82) is 0 Å². The van der Waals surface area contributed by atoms with E-state index in [0.717, 1.165) is 39.6 Å². The lowest BCUT2D eigenvalue weighted by atomic mass is 10.0. The number of hydrogen-bond acceptors (Lipinski definition) is 3. The molecule has 0 unspecified atom stereocenters. The molecule has 4 rings (SSSR count). The molecule has 0 amide bonds. The van der Waals surface area contributed by atoms with Gasteiger partial charge in [-0.3, -0.25) is 9.36 Å². The van der Waals surface area contributed by atoms with Gasteiger partial charge in [-0.2, -0.15) is 10.2 Å². The predicted molar refractivity (Wildman–Crippen MR) is 105 cm³/mol. The molecule has 1 aliphatic rings. The number of aliphatic hydroxyl groups is 1. The summed E-state index contributed by atoms with van der Waals surface area (Å²) < 4.78 is 18.6. The Morgan fingerprint density at radius 3 is 2.78 bits per heavy atom. The van der Waals surface area contributed by atoms with Crippen molar-refractivity contribution in [2.24, 2.45) is 5.92 Å². The highest BCUT2D eigenvalue weighted by molar-refractivity contribution is 9.10. The van der Waals surface area contributed by atoms with Gasteiger partial charge in [0.25, 0.3) is 0 Å². The smallest absolute Gasteiger partial charge is 0.123 e. The number of hydrogen-bond donors (Lipinski definition) is 1. The Labute approximate surface area is 166 Å². The van der Waals surface area contributed by atoms with E-state index in [9.17, 15) is 9.50 Å². The number of benzene rings is 1. The van der Waals surface area contributed by atoms with Crippen LogP contribution in [0.25, 0.3) is 11.3 Å². The van der Waals surface area contributed by atoms with E-state index in [-0.39, 0.29) is 5.82 Å². The van der Waals surface area contributed by atoms with E-state index < -0.39 is 6.10 Å². The first-order valence-electron chi connectivity index (χ1n) is 9.15. The Balaban J connectivity index is 1.69. The number of aryl methyl sites for hydroxylation is 1. The first-order chi connectivity index (χ1) is 12.9. The highest BCUT2D eigenvalue weighted by atomic mass is 79.9. The van der Waals surface area contributed by atoms with Gasteiger partial charge in [-0.15, -0.1) is 0 Å².